The van der Waals surface area contributed by atoms with Crippen LogP contribution in [0.5, 0.6) is 0 Å². The fourth-order valence-electron chi connectivity index (χ4n) is 4.56. The van der Waals surface area contributed by atoms with Crippen molar-refractivity contribution in [1.82, 2.24) is 15.6 Å². The molecule has 5 rings (SSSR count). The number of aromatic nitrogens is 1. The Kier molecular flexibility index (Phi) is 6.50. The van der Waals surface area contributed by atoms with Gasteiger partial charge in [-0.25, -0.2) is 9.78 Å². The number of amides is 2. The molecular weight excluding hydrogens is 466 g/mol. The standard InChI is InChI=1S/C26H25N3O5S/c30-24(31)11-21(15-9-10-15)29-25(32)22-14-35-23(28-22)12-27-26(33)34-13-20-18-7-3-1-5-16(18)17-6-2-4-8-19(17)20/h1-8,14-15,20-21H,9-13H2,(H,27,33)(H,29,32)(H,30,31). The molecule has 3 aromatic rings. The average molecular weight is 492 g/mol. The molecular formula is C26H25N3O5S. The van der Waals surface area contributed by atoms with Crippen molar-refractivity contribution in [2.45, 2.75) is 37.8 Å². The smallest absolute Gasteiger partial charge is 0.407 e. The first-order chi connectivity index (χ1) is 17.0. The van der Waals surface area contributed by atoms with Crippen molar-refractivity contribution in [3.8, 4) is 11.1 Å². The van der Waals surface area contributed by atoms with Crippen LogP contribution in [0.2, 0.25) is 0 Å². The third-order valence-corrected chi connectivity index (χ3v) is 7.26. The molecule has 9 heteroatoms. The van der Waals surface area contributed by atoms with Crippen molar-refractivity contribution in [3.63, 3.8) is 0 Å². The lowest BCUT2D eigenvalue weighted by molar-refractivity contribution is -0.137. The zero-order chi connectivity index (χ0) is 24.4. The molecule has 2 aliphatic rings. The van der Waals surface area contributed by atoms with Gasteiger partial charge in [-0.05, 0) is 41.0 Å². The van der Waals surface area contributed by atoms with Gasteiger partial charge in [-0.3, -0.25) is 9.59 Å². The second-order valence-corrected chi connectivity index (χ2v) is 9.76. The summed E-state index contributed by atoms with van der Waals surface area (Å²) in [7, 11) is 0. The third kappa shape index (κ3) is 5.19. The number of rotatable bonds is 9. The molecule has 1 heterocycles. The minimum atomic E-state index is -0.937. The maximum Gasteiger partial charge on any atom is 0.407 e. The number of nitrogens with zero attached hydrogens (tertiary/aromatic N) is 1. The van der Waals surface area contributed by atoms with Crippen LogP contribution in [0.1, 0.15) is 51.8 Å². The normalized spacial score (nSPS) is 15.1. The Balaban J connectivity index is 1.13. The summed E-state index contributed by atoms with van der Waals surface area (Å²) in [6, 6.07) is 15.9. The highest BCUT2D eigenvalue weighted by Crippen LogP contribution is 2.44. The van der Waals surface area contributed by atoms with Crippen LogP contribution in [0.4, 0.5) is 4.79 Å². The number of carboxylic acid groups (broad SMARTS) is 1. The Bertz CT molecular complexity index is 1220. The maximum atomic E-state index is 12.5. The number of carbonyl (C=O) groups excluding carboxylic acids is 2. The molecule has 0 aliphatic heterocycles. The van der Waals surface area contributed by atoms with Crippen molar-refractivity contribution in [1.29, 1.82) is 0 Å². The number of benzene rings is 2. The van der Waals surface area contributed by atoms with Gasteiger partial charge in [0.05, 0.1) is 13.0 Å². The van der Waals surface area contributed by atoms with Crippen molar-refractivity contribution < 1.29 is 24.2 Å². The van der Waals surface area contributed by atoms with Gasteiger partial charge in [0.25, 0.3) is 5.91 Å². The van der Waals surface area contributed by atoms with E-state index in [2.05, 4.69) is 39.9 Å². The predicted octanol–water partition coefficient (Wildman–Crippen LogP) is 4.16. The number of nitrogens with one attached hydrogen (secondary N) is 2. The molecule has 2 aromatic carbocycles. The maximum absolute atomic E-state index is 12.5. The fourth-order valence-corrected chi connectivity index (χ4v) is 5.27. The lowest BCUT2D eigenvalue weighted by atomic mass is 9.98. The van der Waals surface area contributed by atoms with Crippen LogP contribution in [0.3, 0.4) is 0 Å². The molecule has 0 radical (unpaired) electrons. The molecule has 1 saturated carbocycles. The van der Waals surface area contributed by atoms with E-state index in [9.17, 15) is 14.4 Å². The quantitative estimate of drug-likeness (QED) is 0.414. The molecule has 1 atom stereocenters. The SMILES string of the molecule is O=C(O)CC(NC(=O)c1csc(CNC(=O)OCC2c3ccccc3-c3ccccc32)n1)C1CC1. The van der Waals surface area contributed by atoms with Gasteiger partial charge in [0, 0.05) is 17.3 Å². The first-order valence-electron chi connectivity index (χ1n) is 11.6. The molecule has 2 amide bonds. The summed E-state index contributed by atoms with van der Waals surface area (Å²) < 4.78 is 5.53. The minimum Gasteiger partial charge on any atom is -0.481 e. The molecule has 180 valence electrons. The Labute approximate surface area is 206 Å². The van der Waals surface area contributed by atoms with Gasteiger partial charge in [0.2, 0.25) is 0 Å². The summed E-state index contributed by atoms with van der Waals surface area (Å²) >= 11 is 1.25. The van der Waals surface area contributed by atoms with E-state index >= 15 is 0 Å². The van der Waals surface area contributed by atoms with E-state index in [0.717, 1.165) is 35.1 Å². The van der Waals surface area contributed by atoms with Crippen LogP contribution < -0.4 is 10.6 Å². The number of carboxylic acids is 1. The van der Waals surface area contributed by atoms with Crippen LogP contribution in [-0.4, -0.2) is 40.7 Å². The van der Waals surface area contributed by atoms with Crippen molar-refractivity contribution >= 4 is 29.3 Å². The molecule has 2 aliphatic carbocycles. The first-order valence-corrected chi connectivity index (χ1v) is 12.4. The van der Waals surface area contributed by atoms with Gasteiger partial charge >= 0.3 is 12.1 Å². The Morgan fingerprint density at radius 1 is 1.06 bits per heavy atom. The Hall–Kier alpha value is -3.72. The van der Waals surface area contributed by atoms with Crippen LogP contribution in [0, 0.1) is 5.92 Å². The molecule has 1 unspecified atom stereocenters. The molecule has 3 N–H and O–H groups in total. The first kappa shape index (κ1) is 23.0. The van der Waals surface area contributed by atoms with Gasteiger partial charge in [-0.2, -0.15) is 0 Å². The van der Waals surface area contributed by atoms with Gasteiger partial charge in [0.1, 0.15) is 17.3 Å². The number of thiazole rings is 1. The Morgan fingerprint density at radius 3 is 2.34 bits per heavy atom. The van der Waals surface area contributed by atoms with E-state index in [1.807, 2.05) is 24.3 Å². The van der Waals surface area contributed by atoms with E-state index in [-0.39, 0.29) is 43.1 Å². The van der Waals surface area contributed by atoms with Gasteiger partial charge in [-0.15, -0.1) is 11.3 Å². The molecule has 0 spiro atoms. The summed E-state index contributed by atoms with van der Waals surface area (Å²) in [5.41, 5.74) is 4.83. The third-order valence-electron chi connectivity index (χ3n) is 6.41. The Morgan fingerprint density at radius 2 is 1.71 bits per heavy atom. The fraction of sp³-hybridized carbons (Fsp3) is 0.308. The van der Waals surface area contributed by atoms with Crippen molar-refractivity contribution in [3.05, 3.63) is 75.7 Å². The summed E-state index contributed by atoms with van der Waals surface area (Å²) in [5, 5.41) is 16.7. The van der Waals surface area contributed by atoms with Crippen LogP contribution in [0.25, 0.3) is 11.1 Å². The number of hydrogen-bond donors (Lipinski definition) is 3. The number of alkyl carbamates (subject to hydrolysis) is 1. The predicted molar refractivity (Wildman–Crippen MR) is 130 cm³/mol. The minimum absolute atomic E-state index is 0.0199. The van der Waals surface area contributed by atoms with Gasteiger partial charge < -0.3 is 20.5 Å². The van der Waals surface area contributed by atoms with E-state index in [1.165, 1.54) is 11.3 Å². The second kappa shape index (κ2) is 9.87. The van der Waals surface area contributed by atoms with Crippen molar-refractivity contribution in [2.24, 2.45) is 5.92 Å². The largest absolute Gasteiger partial charge is 0.481 e. The number of aliphatic carboxylic acids is 1. The number of ether oxygens (including phenoxy) is 1. The highest BCUT2D eigenvalue weighted by molar-refractivity contribution is 7.09. The van der Waals surface area contributed by atoms with E-state index in [4.69, 9.17) is 9.84 Å². The zero-order valence-corrected chi connectivity index (χ0v) is 19.7. The zero-order valence-electron chi connectivity index (χ0n) is 18.9. The van der Waals surface area contributed by atoms with E-state index < -0.39 is 18.0 Å². The summed E-state index contributed by atoms with van der Waals surface area (Å²) in [6.45, 7) is 0.354. The lowest BCUT2D eigenvalue weighted by Gasteiger charge is -2.15. The van der Waals surface area contributed by atoms with E-state index in [1.54, 1.807) is 5.38 Å². The van der Waals surface area contributed by atoms with Crippen LogP contribution in [-0.2, 0) is 16.1 Å². The van der Waals surface area contributed by atoms with Crippen LogP contribution in [0.15, 0.2) is 53.9 Å². The summed E-state index contributed by atoms with van der Waals surface area (Å²) in [5.74, 6) is -1.14. The number of carbonyl (C=O) groups is 3. The highest BCUT2D eigenvalue weighted by Gasteiger charge is 2.34. The molecule has 0 bridgehead atoms. The van der Waals surface area contributed by atoms with Gasteiger partial charge in [0.15, 0.2) is 0 Å². The van der Waals surface area contributed by atoms with Gasteiger partial charge in [-0.1, -0.05) is 48.5 Å². The average Bonchev–Trinajstić information content (AvgIpc) is 3.51. The van der Waals surface area contributed by atoms with Crippen LogP contribution >= 0.6 is 11.3 Å². The molecule has 1 fully saturated rings. The molecule has 0 saturated heterocycles. The number of hydrogen-bond acceptors (Lipinski definition) is 6. The summed E-state index contributed by atoms with van der Waals surface area (Å²) in [4.78, 5) is 40.2. The second-order valence-electron chi connectivity index (χ2n) is 8.82. The molecule has 35 heavy (non-hydrogen) atoms. The highest BCUT2D eigenvalue weighted by atomic mass is 32.1. The lowest BCUT2D eigenvalue weighted by Crippen LogP contribution is -2.38. The molecule has 8 nitrogen and oxygen atoms in total. The van der Waals surface area contributed by atoms with E-state index in [0.29, 0.717) is 5.01 Å². The van der Waals surface area contributed by atoms with Crippen molar-refractivity contribution in [2.75, 3.05) is 6.61 Å². The monoisotopic (exact) mass is 491 g/mol. The molecule has 1 aromatic heterocycles. The summed E-state index contributed by atoms with van der Waals surface area (Å²) in [6.07, 6.45) is 1.19. The number of fused-ring (bicyclic) bond motifs is 3. The topological polar surface area (TPSA) is 118 Å².